The monoisotopic (exact) mass is 416 g/mol. The minimum atomic E-state index is -0.114. The van der Waals surface area contributed by atoms with E-state index in [0.717, 1.165) is 35.2 Å². The molecule has 1 fully saturated rings. The van der Waals surface area contributed by atoms with Gasteiger partial charge in [-0.15, -0.1) is 0 Å². The van der Waals surface area contributed by atoms with Gasteiger partial charge >= 0.3 is 6.03 Å². The Hall–Kier alpha value is -3.28. The fourth-order valence-corrected chi connectivity index (χ4v) is 4.82. The van der Waals surface area contributed by atoms with Crippen molar-refractivity contribution in [2.75, 3.05) is 31.5 Å². The molecule has 0 unspecified atom stereocenters. The van der Waals surface area contributed by atoms with Crippen molar-refractivity contribution in [1.29, 1.82) is 0 Å². The van der Waals surface area contributed by atoms with Gasteiger partial charge in [-0.1, -0.05) is 24.3 Å². The highest BCUT2D eigenvalue weighted by Gasteiger charge is 2.27. The number of amides is 3. The number of fused-ring (bicyclic) bond motifs is 3. The van der Waals surface area contributed by atoms with Gasteiger partial charge in [0.2, 0.25) is 0 Å². The number of rotatable bonds is 2. The van der Waals surface area contributed by atoms with E-state index in [0.29, 0.717) is 26.2 Å². The number of carbonyl (C=O) groups excluding carboxylic acids is 2. The summed E-state index contributed by atoms with van der Waals surface area (Å²) in [7, 11) is 0. The van der Waals surface area contributed by atoms with Gasteiger partial charge in [-0.25, -0.2) is 4.79 Å². The molecule has 1 aliphatic heterocycles. The second kappa shape index (κ2) is 8.10. The van der Waals surface area contributed by atoms with Crippen LogP contribution in [0.25, 0.3) is 10.9 Å². The van der Waals surface area contributed by atoms with Crippen LogP contribution in [0.2, 0.25) is 0 Å². The van der Waals surface area contributed by atoms with Gasteiger partial charge in [0, 0.05) is 42.9 Å². The van der Waals surface area contributed by atoms with Crippen LogP contribution in [-0.2, 0) is 12.8 Å². The van der Waals surface area contributed by atoms with Crippen molar-refractivity contribution in [2.45, 2.75) is 32.6 Å². The van der Waals surface area contributed by atoms with Crippen LogP contribution in [0.4, 0.5) is 10.5 Å². The van der Waals surface area contributed by atoms with Crippen LogP contribution in [0.5, 0.6) is 0 Å². The molecule has 1 saturated heterocycles. The van der Waals surface area contributed by atoms with Gasteiger partial charge in [-0.05, 0) is 61.9 Å². The second-order valence-corrected chi connectivity index (χ2v) is 8.60. The Balaban J connectivity index is 1.27. The number of benzene rings is 2. The van der Waals surface area contributed by atoms with Gasteiger partial charge < -0.3 is 20.1 Å². The summed E-state index contributed by atoms with van der Waals surface area (Å²) in [5.74, 6) is 0.0444. The Morgan fingerprint density at radius 1 is 0.935 bits per heavy atom. The van der Waals surface area contributed by atoms with Crippen molar-refractivity contribution >= 4 is 28.5 Å². The lowest BCUT2D eigenvalue weighted by Crippen LogP contribution is -2.51. The average molecular weight is 417 g/mol. The Kier molecular flexibility index (Phi) is 5.14. The maximum atomic E-state index is 13.3. The zero-order valence-corrected chi connectivity index (χ0v) is 17.9. The van der Waals surface area contributed by atoms with E-state index in [2.05, 4.69) is 16.4 Å². The Labute approximate surface area is 182 Å². The van der Waals surface area contributed by atoms with Crippen molar-refractivity contribution < 1.29 is 9.59 Å². The summed E-state index contributed by atoms with van der Waals surface area (Å²) in [6, 6.07) is 13.7. The number of hydrogen-bond donors (Lipinski definition) is 2. The lowest BCUT2D eigenvalue weighted by Gasteiger charge is -2.34. The molecule has 0 bridgehead atoms. The zero-order chi connectivity index (χ0) is 21.4. The van der Waals surface area contributed by atoms with E-state index in [9.17, 15) is 9.59 Å². The summed E-state index contributed by atoms with van der Waals surface area (Å²) in [5.41, 5.74) is 6.29. The third-order valence-electron chi connectivity index (χ3n) is 6.49. The molecule has 6 nitrogen and oxygen atoms in total. The number of nitrogens with zero attached hydrogens (tertiary/aromatic N) is 2. The van der Waals surface area contributed by atoms with Gasteiger partial charge in [-0.3, -0.25) is 4.79 Å². The van der Waals surface area contributed by atoms with Crippen molar-refractivity contribution in [3.05, 3.63) is 64.8 Å². The molecule has 2 aromatic carbocycles. The lowest BCUT2D eigenvalue weighted by molar-refractivity contribution is 0.0673. The van der Waals surface area contributed by atoms with Crippen LogP contribution in [0, 0.1) is 6.92 Å². The lowest BCUT2D eigenvalue weighted by atomic mass is 9.95. The first-order chi connectivity index (χ1) is 15.1. The molecule has 3 amide bonds. The zero-order valence-electron chi connectivity index (χ0n) is 17.9. The number of hydrogen-bond acceptors (Lipinski definition) is 2. The van der Waals surface area contributed by atoms with Crippen molar-refractivity contribution in [2.24, 2.45) is 0 Å². The van der Waals surface area contributed by atoms with Crippen molar-refractivity contribution in [3.8, 4) is 0 Å². The Bertz CT molecular complexity index is 1140. The molecule has 160 valence electrons. The molecule has 0 atom stereocenters. The van der Waals surface area contributed by atoms with Crippen LogP contribution >= 0.6 is 0 Å². The largest absolute Gasteiger partial charge is 0.358 e. The SMILES string of the molecule is Cc1cccc(NC(=O)N2CCN(C(=O)c3cccc4c5c([nH]c34)CCCC5)CC2)c1. The molecule has 0 saturated carbocycles. The number of urea groups is 1. The highest BCUT2D eigenvalue weighted by atomic mass is 16.2. The molecule has 2 heterocycles. The summed E-state index contributed by atoms with van der Waals surface area (Å²) in [4.78, 5) is 33.1. The number of H-pyrrole nitrogens is 1. The van der Waals surface area contributed by atoms with Gasteiger partial charge in [0.15, 0.2) is 0 Å². The molecule has 6 heteroatoms. The van der Waals surface area contributed by atoms with E-state index in [4.69, 9.17) is 0 Å². The van der Waals surface area contributed by atoms with Crippen LogP contribution < -0.4 is 5.32 Å². The maximum Gasteiger partial charge on any atom is 0.321 e. The third kappa shape index (κ3) is 3.78. The van der Waals surface area contributed by atoms with E-state index in [1.807, 2.05) is 48.2 Å². The molecule has 2 aliphatic rings. The topological polar surface area (TPSA) is 68.4 Å². The third-order valence-corrected chi connectivity index (χ3v) is 6.49. The van der Waals surface area contributed by atoms with Crippen LogP contribution in [-0.4, -0.2) is 52.9 Å². The summed E-state index contributed by atoms with van der Waals surface area (Å²) in [6.45, 7) is 4.14. The number of aryl methyl sites for hydroxylation is 3. The summed E-state index contributed by atoms with van der Waals surface area (Å²) < 4.78 is 0. The smallest absolute Gasteiger partial charge is 0.321 e. The fraction of sp³-hybridized carbons (Fsp3) is 0.360. The number of nitrogens with one attached hydrogen (secondary N) is 2. The van der Waals surface area contributed by atoms with Gasteiger partial charge in [0.05, 0.1) is 11.1 Å². The normalized spacial score (nSPS) is 16.3. The number of aromatic amines is 1. The van der Waals surface area contributed by atoms with E-state index in [-0.39, 0.29) is 11.9 Å². The maximum absolute atomic E-state index is 13.3. The highest BCUT2D eigenvalue weighted by molar-refractivity contribution is 6.07. The summed E-state index contributed by atoms with van der Waals surface area (Å²) in [6.07, 6.45) is 4.56. The van der Waals surface area contributed by atoms with E-state index < -0.39 is 0 Å². The highest BCUT2D eigenvalue weighted by Crippen LogP contribution is 2.31. The first-order valence-corrected chi connectivity index (χ1v) is 11.1. The Morgan fingerprint density at radius 2 is 1.68 bits per heavy atom. The quantitative estimate of drug-likeness (QED) is 0.652. The number of carbonyl (C=O) groups is 2. The standard InChI is InChI=1S/C25H28N4O2/c1-17-6-4-7-18(16-17)26-25(31)29-14-12-28(13-15-29)24(30)21-10-5-9-20-19-8-2-3-11-22(19)27-23(20)21/h4-7,9-10,16,27H,2-3,8,11-15H2,1H3,(H,26,31). The number of aromatic nitrogens is 1. The van der Waals surface area contributed by atoms with E-state index >= 15 is 0 Å². The number of anilines is 1. The van der Waals surface area contributed by atoms with Crippen molar-refractivity contribution in [3.63, 3.8) is 0 Å². The molecular weight excluding hydrogens is 388 g/mol. The first kappa shape index (κ1) is 19.7. The molecule has 0 spiro atoms. The molecule has 1 aliphatic carbocycles. The molecule has 1 aromatic heterocycles. The second-order valence-electron chi connectivity index (χ2n) is 8.60. The predicted molar refractivity (Wildman–Crippen MR) is 123 cm³/mol. The fourth-order valence-electron chi connectivity index (χ4n) is 4.82. The summed E-state index contributed by atoms with van der Waals surface area (Å²) in [5, 5.41) is 4.15. The van der Waals surface area contributed by atoms with Crippen LogP contribution in [0.15, 0.2) is 42.5 Å². The van der Waals surface area contributed by atoms with E-state index in [1.54, 1.807) is 4.90 Å². The number of piperazine rings is 1. The number of para-hydroxylation sites is 1. The van der Waals surface area contributed by atoms with E-state index in [1.165, 1.54) is 29.5 Å². The molecule has 31 heavy (non-hydrogen) atoms. The predicted octanol–water partition coefficient (Wildman–Crippen LogP) is 4.35. The first-order valence-electron chi connectivity index (χ1n) is 11.1. The molecule has 3 aromatic rings. The van der Waals surface area contributed by atoms with Gasteiger partial charge in [0.25, 0.3) is 5.91 Å². The van der Waals surface area contributed by atoms with Gasteiger partial charge in [0.1, 0.15) is 0 Å². The van der Waals surface area contributed by atoms with Crippen LogP contribution in [0.3, 0.4) is 0 Å². The minimum Gasteiger partial charge on any atom is -0.358 e. The minimum absolute atomic E-state index is 0.0444. The molecular formula is C25H28N4O2. The Morgan fingerprint density at radius 3 is 2.48 bits per heavy atom. The van der Waals surface area contributed by atoms with Crippen LogP contribution in [0.1, 0.15) is 40.0 Å². The molecule has 0 radical (unpaired) electrons. The average Bonchev–Trinajstić information content (AvgIpc) is 3.17. The molecule has 2 N–H and O–H groups in total. The van der Waals surface area contributed by atoms with Crippen molar-refractivity contribution in [1.82, 2.24) is 14.8 Å². The summed E-state index contributed by atoms with van der Waals surface area (Å²) >= 11 is 0. The van der Waals surface area contributed by atoms with Gasteiger partial charge in [-0.2, -0.15) is 0 Å². The molecule has 5 rings (SSSR count).